The summed E-state index contributed by atoms with van der Waals surface area (Å²) in [6.07, 6.45) is 3.92. The first-order chi connectivity index (χ1) is 5.79. The number of H-pyrrole nitrogens is 1. The molecule has 0 aliphatic carbocycles. The molecule has 4 nitrogen and oxygen atoms in total. The third kappa shape index (κ3) is 1.64. The Morgan fingerprint density at radius 1 is 1.83 bits per heavy atom. The molecule has 1 heterocycles. The number of nitrogens with zero attached hydrogens (tertiary/aromatic N) is 1. The quantitative estimate of drug-likeness (QED) is 0.687. The lowest BCUT2D eigenvalue weighted by atomic mass is 10.0. The van der Waals surface area contributed by atoms with Gasteiger partial charge in [0.2, 0.25) is 0 Å². The third-order valence-electron chi connectivity index (χ3n) is 1.79. The predicted octanol–water partition coefficient (Wildman–Crippen LogP) is 1.08. The molecule has 0 amide bonds. The van der Waals surface area contributed by atoms with Gasteiger partial charge in [0, 0.05) is 11.9 Å². The van der Waals surface area contributed by atoms with Crippen LogP contribution in [0.4, 0.5) is 0 Å². The van der Waals surface area contributed by atoms with E-state index in [0.29, 0.717) is 0 Å². The van der Waals surface area contributed by atoms with Crippen LogP contribution in [0.15, 0.2) is 12.5 Å². The number of nitrogens with one attached hydrogen (secondary N) is 1. The van der Waals surface area contributed by atoms with Crippen molar-refractivity contribution in [1.82, 2.24) is 9.97 Å². The lowest BCUT2D eigenvalue weighted by molar-refractivity contribution is -0.142. The average Bonchev–Trinajstić information content (AvgIpc) is 2.58. The minimum Gasteiger partial charge on any atom is -0.469 e. The van der Waals surface area contributed by atoms with E-state index in [4.69, 9.17) is 0 Å². The van der Waals surface area contributed by atoms with Crippen LogP contribution in [0.1, 0.15) is 25.0 Å². The number of rotatable bonds is 3. The molecule has 66 valence electrons. The number of hydrogen-bond donors (Lipinski definition) is 1. The molecule has 0 saturated carbocycles. The van der Waals surface area contributed by atoms with Crippen LogP contribution in [0.5, 0.6) is 0 Å². The van der Waals surface area contributed by atoms with E-state index in [1.165, 1.54) is 7.11 Å². The Bertz CT molecular complexity index is 244. The zero-order chi connectivity index (χ0) is 8.97. The van der Waals surface area contributed by atoms with Crippen LogP contribution in [0.2, 0.25) is 0 Å². The lowest BCUT2D eigenvalue weighted by Crippen LogP contribution is -2.13. The van der Waals surface area contributed by atoms with Gasteiger partial charge in [-0.15, -0.1) is 0 Å². The molecule has 0 aliphatic heterocycles. The zero-order valence-corrected chi connectivity index (χ0v) is 7.20. The van der Waals surface area contributed by atoms with Crippen molar-refractivity contribution >= 4 is 5.97 Å². The number of esters is 1. The van der Waals surface area contributed by atoms with Crippen LogP contribution >= 0.6 is 0 Å². The molecule has 0 saturated heterocycles. The second kappa shape index (κ2) is 3.90. The van der Waals surface area contributed by atoms with Crippen molar-refractivity contribution in [3.8, 4) is 0 Å². The minimum absolute atomic E-state index is 0.211. The summed E-state index contributed by atoms with van der Waals surface area (Å²) in [7, 11) is 1.39. The van der Waals surface area contributed by atoms with Gasteiger partial charge < -0.3 is 9.72 Å². The van der Waals surface area contributed by atoms with Crippen molar-refractivity contribution in [1.29, 1.82) is 0 Å². The molecular formula is C8H12N2O2. The highest BCUT2D eigenvalue weighted by Gasteiger charge is 2.19. The van der Waals surface area contributed by atoms with Crippen LogP contribution in [0.25, 0.3) is 0 Å². The number of aromatic nitrogens is 2. The van der Waals surface area contributed by atoms with Crippen molar-refractivity contribution in [2.24, 2.45) is 0 Å². The second-order valence-corrected chi connectivity index (χ2v) is 2.49. The van der Waals surface area contributed by atoms with E-state index < -0.39 is 0 Å². The summed E-state index contributed by atoms with van der Waals surface area (Å²) in [6, 6.07) is 0. The molecule has 0 radical (unpaired) electrons. The van der Waals surface area contributed by atoms with Gasteiger partial charge in [0.05, 0.1) is 19.4 Å². The van der Waals surface area contributed by atoms with Gasteiger partial charge in [0.25, 0.3) is 0 Å². The summed E-state index contributed by atoms with van der Waals surface area (Å²) in [5.74, 6) is -0.431. The fourth-order valence-corrected chi connectivity index (χ4v) is 1.11. The largest absolute Gasteiger partial charge is 0.469 e. The Morgan fingerprint density at radius 2 is 2.58 bits per heavy atom. The Hall–Kier alpha value is -1.32. The fourth-order valence-electron chi connectivity index (χ4n) is 1.11. The number of aromatic amines is 1. The Morgan fingerprint density at radius 3 is 3.00 bits per heavy atom. The number of hydrogen-bond acceptors (Lipinski definition) is 3. The standard InChI is InChI=1S/C8H12N2O2/c1-3-6(8(11)12-2)7-4-9-5-10-7/h4-6H,3H2,1-2H3,(H,9,10). The van der Waals surface area contributed by atoms with Gasteiger partial charge in [-0.1, -0.05) is 6.92 Å². The van der Waals surface area contributed by atoms with Crippen molar-refractivity contribution in [2.45, 2.75) is 19.3 Å². The van der Waals surface area contributed by atoms with Crippen LogP contribution in [0, 0.1) is 0 Å². The molecule has 0 spiro atoms. The van der Waals surface area contributed by atoms with Gasteiger partial charge in [-0.2, -0.15) is 0 Å². The predicted molar refractivity (Wildman–Crippen MR) is 43.6 cm³/mol. The van der Waals surface area contributed by atoms with Gasteiger partial charge in [0.15, 0.2) is 0 Å². The number of imidazole rings is 1. The summed E-state index contributed by atoms with van der Waals surface area (Å²) < 4.78 is 4.64. The monoisotopic (exact) mass is 168 g/mol. The summed E-state index contributed by atoms with van der Waals surface area (Å²) in [5.41, 5.74) is 0.810. The van der Waals surface area contributed by atoms with Gasteiger partial charge in [-0.05, 0) is 6.42 Å². The molecule has 1 aromatic heterocycles. The molecule has 0 bridgehead atoms. The van der Waals surface area contributed by atoms with Gasteiger partial charge in [-0.3, -0.25) is 4.79 Å². The molecule has 12 heavy (non-hydrogen) atoms. The van der Waals surface area contributed by atoms with E-state index in [0.717, 1.165) is 12.1 Å². The first-order valence-electron chi connectivity index (χ1n) is 3.85. The van der Waals surface area contributed by atoms with E-state index in [-0.39, 0.29) is 11.9 Å². The molecule has 1 aromatic rings. The van der Waals surface area contributed by atoms with Crippen LogP contribution in [0.3, 0.4) is 0 Å². The SMILES string of the molecule is CCC(C(=O)OC)c1cnc[nH]1. The second-order valence-electron chi connectivity index (χ2n) is 2.49. The first-order valence-corrected chi connectivity index (χ1v) is 3.85. The Labute approximate surface area is 71.0 Å². The Kier molecular flexibility index (Phi) is 2.85. The topological polar surface area (TPSA) is 55.0 Å². The molecule has 1 rings (SSSR count). The van der Waals surface area contributed by atoms with E-state index in [2.05, 4.69) is 14.7 Å². The highest BCUT2D eigenvalue weighted by molar-refractivity contribution is 5.77. The molecule has 0 fully saturated rings. The van der Waals surface area contributed by atoms with Crippen molar-refractivity contribution < 1.29 is 9.53 Å². The number of carbonyl (C=O) groups is 1. The van der Waals surface area contributed by atoms with Crippen molar-refractivity contribution in [3.05, 3.63) is 18.2 Å². The van der Waals surface area contributed by atoms with E-state index in [1.54, 1.807) is 12.5 Å². The number of ether oxygens (including phenoxy) is 1. The van der Waals surface area contributed by atoms with Crippen molar-refractivity contribution in [3.63, 3.8) is 0 Å². The van der Waals surface area contributed by atoms with Crippen LogP contribution in [-0.2, 0) is 9.53 Å². The summed E-state index contributed by atoms with van der Waals surface area (Å²) in [6.45, 7) is 1.93. The molecule has 0 aliphatic rings. The third-order valence-corrected chi connectivity index (χ3v) is 1.79. The highest BCUT2D eigenvalue weighted by Crippen LogP contribution is 2.17. The smallest absolute Gasteiger partial charge is 0.314 e. The molecule has 0 aromatic carbocycles. The van der Waals surface area contributed by atoms with Crippen LogP contribution in [-0.4, -0.2) is 23.0 Å². The molecular weight excluding hydrogens is 156 g/mol. The molecule has 1 unspecified atom stereocenters. The van der Waals surface area contributed by atoms with E-state index in [9.17, 15) is 4.79 Å². The van der Waals surface area contributed by atoms with Crippen molar-refractivity contribution in [2.75, 3.05) is 7.11 Å². The molecule has 4 heteroatoms. The fraction of sp³-hybridized carbons (Fsp3) is 0.500. The van der Waals surface area contributed by atoms with E-state index >= 15 is 0 Å². The van der Waals surface area contributed by atoms with E-state index in [1.807, 2.05) is 6.92 Å². The van der Waals surface area contributed by atoms with Gasteiger partial charge in [0.1, 0.15) is 0 Å². The summed E-state index contributed by atoms with van der Waals surface area (Å²) in [5, 5.41) is 0. The maximum Gasteiger partial charge on any atom is 0.314 e. The first kappa shape index (κ1) is 8.77. The number of methoxy groups -OCH3 is 1. The highest BCUT2D eigenvalue weighted by atomic mass is 16.5. The Balaban J connectivity index is 2.76. The summed E-state index contributed by atoms with van der Waals surface area (Å²) >= 11 is 0. The van der Waals surface area contributed by atoms with Gasteiger partial charge in [-0.25, -0.2) is 4.98 Å². The molecule has 1 atom stereocenters. The summed E-state index contributed by atoms with van der Waals surface area (Å²) in [4.78, 5) is 17.9. The van der Waals surface area contributed by atoms with Gasteiger partial charge >= 0.3 is 5.97 Å². The maximum atomic E-state index is 11.2. The normalized spacial score (nSPS) is 12.5. The minimum atomic E-state index is -0.221. The number of carbonyl (C=O) groups excluding carboxylic acids is 1. The lowest BCUT2D eigenvalue weighted by Gasteiger charge is -2.08. The van der Waals surface area contributed by atoms with Crippen LogP contribution < -0.4 is 0 Å². The average molecular weight is 168 g/mol. The molecule has 1 N–H and O–H groups in total. The maximum absolute atomic E-state index is 11.2. The zero-order valence-electron chi connectivity index (χ0n) is 7.20.